The van der Waals surface area contributed by atoms with Crippen molar-refractivity contribution in [3.8, 4) is 0 Å². The molecule has 4 nitrogen and oxygen atoms in total. The smallest absolute Gasteiger partial charge is 0.150 e. The lowest BCUT2D eigenvalue weighted by molar-refractivity contribution is 0.379. The maximum absolute atomic E-state index is 11.6. The first-order chi connectivity index (χ1) is 9.00. The summed E-state index contributed by atoms with van der Waals surface area (Å²) in [5, 5.41) is 6.67. The minimum Gasteiger partial charge on any atom is -0.313 e. The number of nitrogens with zero attached hydrogens (tertiary/aromatic N) is 1. The Morgan fingerprint density at radius 2 is 2.37 bits per heavy atom. The van der Waals surface area contributed by atoms with Crippen molar-refractivity contribution >= 4 is 21.2 Å². The Labute approximate surface area is 119 Å². The Morgan fingerprint density at radius 3 is 2.89 bits per heavy atom. The summed E-state index contributed by atoms with van der Waals surface area (Å²) in [6.07, 6.45) is 2.69. The SMILES string of the molecule is CCCNC(Cc1nc(C)cs1)C1CCS(=O)(=O)C1. The van der Waals surface area contributed by atoms with Crippen molar-refractivity contribution in [3.05, 3.63) is 16.1 Å². The second-order valence-electron chi connectivity index (χ2n) is 5.31. The molecule has 2 atom stereocenters. The van der Waals surface area contributed by atoms with Crippen molar-refractivity contribution < 1.29 is 8.42 Å². The van der Waals surface area contributed by atoms with Gasteiger partial charge in [0.2, 0.25) is 0 Å². The van der Waals surface area contributed by atoms with E-state index in [2.05, 4.69) is 22.6 Å². The van der Waals surface area contributed by atoms with Crippen LogP contribution in [0.5, 0.6) is 0 Å². The van der Waals surface area contributed by atoms with Crippen LogP contribution in [0.3, 0.4) is 0 Å². The molecule has 108 valence electrons. The van der Waals surface area contributed by atoms with E-state index in [4.69, 9.17) is 0 Å². The van der Waals surface area contributed by atoms with Gasteiger partial charge in [-0.25, -0.2) is 13.4 Å². The van der Waals surface area contributed by atoms with Gasteiger partial charge in [0.15, 0.2) is 9.84 Å². The second-order valence-corrected chi connectivity index (χ2v) is 8.48. The summed E-state index contributed by atoms with van der Waals surface area (Å²) in [4.78, 5) is 4.50. The van der Waals surface area contributed by atoms with Gasteiger partial charge in [0.25, 0.3) is 0 Å². The first-order valence-corrected chi connectivity index (χ1v) is 9.55. The van der Waals surface area contributed by atoms with Gasteiger partial charge in [-0.2, -0.15) is 0 Å². The van der Waals surface area contributed by atoms with Crippen LogP contribution < -0.4 is 5.32 Å². The van der Waals surface area contributed by atoms with Crippen LogP contribution in [0, 0.1) is 12.8 Å². The fraction of sp³-hybridized carbons (Fsp3) is 0.769. The molecule has 0 aromatic carbocycles. The molecule has 2 unspecified atom stereocenters. The number of sulfone groups is 1. The van der Waals surface area contributed by atoms with E-state index in [1.165, 1.54) is 0 Å². The molecule has 19 heavy (non-hydrogen) atoms. The minimum atomic E-state index is -2.81. The standard InChI is InChI=1S/C13H22N2O2S2/c1-3-5-14-12(7-13-15-10(2)8-18-13)11-4-6-19(16,17)9-11/h8,11-12,14H,3-7,9H2,1-2H3. The van der Waals surface area contributed by atoms with Crippen molar-refractivity contribution in [3.63, 3.8) is 0 Å². The highest BCUT2D eigenvalue weighted by molar-refractivity contribution is 7.91. The first-order valence-electron chi connectivity index (χ1n) is 6.85. The second kappa shape index (κ2) is 6.33. The molecular formula is C13H22N2O2S2. The fourth-order valence-electron chi connectivity index (χ4n) is 2.56. The maximum Gasteiger partial charge on any atom is 0.150 e. The van der Waals surface area contributed by atoms with Crippen LogP contribution in [0.4, 0.5) is 0 Å². The van der Waals surface area contributed by atoms with E-state index in [1.807, 2.05) is 6.92 Å². The van der Waals surface area contributed by atoms with Crippen LogP contribution in [0.1, 0.15) is 30.5 Å². The summed E-state index contributed by atoms with van der Waals surface area (Å²) in [5.41, 5.74) is 1.05. The zero-order chi connectivity index (χ0) is 13.9. The normalized spacial score (nSPS) is 23.6. The van der Waals surface area contributed by atoms with Crippen molar-refractivity contribution in [1.82, 2.24) is 10.3 Å². The van der Waals surface area contributed by atoms with Gasteiger partial charge < -0.3 is 5.32 Å². The molecule has 1 aromatic heterocycles. The van der Waals surface area contributed by atoms with Gasteiger partial charge in [-0.05, 0) is 32.2 Å². The topological polar surface area (TPSA) is 59.1 Å². The third kappa shape index (κ3) is 4.26. The van der Waals surface area contributed by atoms with Gasteiger partial charge in [0.05, 0.1) is 16.5 Å². The number of hydrogen-bond donors (Lipinski definition) is 1. The van der Waals surface area contributed by atoms with Crippen LogP contribution in [0.25, 0.3) is 0 Å². The van der Waals surface area contributed by atoms with Gasteiger partial charge >= 0.3 is 0 Å². The highest BCUT2D eigenvalue weighted by Crippen LogP contribution is 2.25. The summed E-state index contributed by atoms with van der Waals surface area (Å²) in [7, 11) is -2.81. The quantitative estimate of drug-likeness (QED) is 0.870. The molecule has 1 fully saturated rings. The van der Waals surface area contributed by atoms with Gasteiger partial charge in [-0.1, -0.05) is 6.92 Å². The predicted octanol–water partition coefficient (Wildman–Crippen LogP) is 1.80. The van der Waals surface area contributed by atoms with Gasteiger partial charge in [-0.3, -0.25) is 0 Å². The van der Waals surface area contributed by atoms with E-state index in [0.717, 1.165) is 36.5 Å². The van der Waals surface area contributed by atoms with E-state index in [9.17, 15) is 8.42 Å². The van der Waals surface area contributed by atoms with Gasteiger partial charge in [0.1, 0.15) is 0 Å². The monoisotopic (exact) mass is 302 g/mol. The zero-order valence-electron chi connectivity index (χ0n) is 11.6. The first kappa shape index (κ1) is 14.9. The van der Waals surface area contributed by atoms with Crippen molar-refractivity contribution in [2.75, 3.05) is 18.1 Å². The van der Waals surface area contributed by atoms with E-state index in [1.54, 1.807) is 11.3 Å². The molecular weight excluding hydrogens is 280 g/mol. The Balaban J connectivity index is 2.03. The molecule has 0 amide bonds. The molecule has 1 aliphatic heterocycles. The molecule has 0 radical (unpaired) electrons. The summed E-state index contributed by atoms with van der Waals surface area (Å²) in [6, 6.07) is 0.239. The minimum absolute atomic E-state index is 0.237. The molecule has 0 bridgehead atoms. The van der Waals surface area contributed by atoms with Crippen LogP contribution in [0.15, 0.2) is 5.38 Å². The Morgan fingerprint density at radius 1 is 1.58 bits per heavy atom. The van der Waals surface area contributed by atoms with E-state index < -0.39 is 9.84 Å². The number of aryl methyl sites for hydroxylation is 1. The predicted molar refractivity (Wildman–Crippen MR) is 79.4 cm³/mol. The highest BCUT2D eigenvalue weighted by atomic mass is 32.2. The van der Waals surface area contributed by atoms with Crippen LogP contribution in [-0.4, -0.2) is 37.5 Å². The molecule has 1 saturated heterocycles. The Kier molecular flexibility index (Phi) is 4.97. The molecule has 6 heteroatoms. The lowest BCUT2D eigenvalue weighted by atomic mass is 9.96. The van der Waals surface area contributed by atoms with Gasteiger partial charge in [-0.15, -0.1) is 11.3 Å². The molecule has 1 N–H and O–H groups in total. The number of thiazole rings is 1. The number of aromatic nitrogens is 1. The van der Waals surface area contributed by atoms with Gasteiger partial charge in [0, 0.05) is 23.5 Å². The Hall–Kier alpha value is -0.460. The summed E-state index contributed by atoms with van der Waals surface area (Å²) in [5.74, 6) is 0.915. The summed E-state index contributed by atoms with van der Waals surface area (Å²) in [6.45, 7) is 5.06. The third-order valence-corrected chi connectivity index (χ3v) is 6.34. The van der Waals surface area contributed by atoms with E-state index >= 15 is 0 Å². The maximum atomic E-state index is 11.6. The molecule has 2 rings (SSSR count). The molecule has 0 aliphatic carbocycles. The third-order valence-electron chi connectivity index (χ3n) is 3.55. The molecule has 1 aliphatic rings. The van der Waals surface area contributed by atoms with E-state index in [0.29, 0.717) is 11.5 Å². The molecule has 2 heterocycles. The summed E-state index contributed by atoms with van der Waals surface area (Å²) < 4.78 is 23.3. The van der Waals surface area contributed by atoms with Crippen LogP contribution in [-0.2, 0) is 16.3 Å². The van der Waals surface area contributed by atoms with Crippen LogP contribution >= 0.6 is 11.3 Å². The number of nitrogens with one attached hydrogen (secondary N) is 1. The number of hydrogen-bond acceptors (Lipinski definition) is 5. The van der Waals surface area contributed by atoms with Crippen LogP contribution in [0.2, 0.25) is 0 Å². The number of rotatable bonds is 6. The van der Waals surface area contributed by atoms with Crippen molar-refractivity contribution in [2.24, 2.45) is 5.92 Å². The average Bonchev–Trinajstić information content (AvgIpc) is 2.90. The highest BCUT2D eigenvalue weighted by Gasteiger charge is 2.33. The molecule has 0 saturated carbocycles. The molecule has 0 spiro atoms. The fourth-order valence-corrected chi connectivity index (χ4v) is 5.27. The average molecular weight is 302 g/mol. The zero-order valence-corrected chi connectivity index (χ0v) is 13.2. The molecule has 1 aromatic rings. The van der Waals surface area contributed by atoms with E-state index in [-0.39, 0.29) is 12.0 Å². The lowest BCUT2D eigenvalue weighted by Crippen LogP contribution is -2.39. The lowest BCUT2D eigenvalue weighted by Gasteiger charge is -2.23. The Bertz CT molecular complexity index is 510. The summed E-state index contributed by atoms with van der Waals surface area (Å²) >= 11 is 1.67. The van der Waals surface area contributed by atoms with Crippen molar-refractivity contribution in [1.29, 1.82) is 0 Å². The van der Waals surface area contributed by atoms with Crippen molar-refractivity contribution in [2.45, 2.75) is 39.2 Å². The largest absolute Gasteiger partial charge is 0.313 e.